The minimum atomic E-state index is -2.02. The molecule has 5 N–H and O–H groups in total. The van der Waals surface area contributed by atoms with Crippen molar-refractivity contribution < 1.29 is 49.4 Å². The Hall–Kier alpha value is -2.01. The van der Waals surface area contributed by atoms with Crippen LogP contribution in [0.2, 0.25) is 0 Å². The second-order valence-electron chi connectivity index (χ2n) is 4.95. The summed E-state index contributed by atoms with van der Waals surface area (Å²) < 4.78 is 9.57. The summed E-state index contributed by atoms with van der Waals surface area (Å²) in [7, 11) is 0. The van der Waals surface area contributed by atoms with E-state index in [2.05, 4.69) is 11.3 Å². The van der Waals surface area contributed by atoms with E-state index >= 15 is 0 Å². The lowest BCUT2D eigenvalue weighted by atomic mass is 9.89. The Morgan fingerprint density at radius 1 is 0.870 bits per heavy atom. The summed E-state index contributed by atoms with van der Waals surface area (Å²) in [4.78, 5) is 33.4. The molecular formula is C13H20O10. The lowest BCUT2D eigenvalue weighted by Crippen LogP contribution is -2.47. The maximum atomic E-state index is 11.3. The first-order valence-corrected chi connectivity index (χ1v) is 6.40. The minimum Gasteiger partial charge on any atom is -0.481 e. The first-order valence-electron chi connectivity index (χ1n) is 6.40. The van der Waals surface area contributed by atoms with Crippen LogP contribution >= 0.6 is 0 Å². The van der Waals surface area contributed by atoms with E-state index in [0.717, 1.165) is 6.08 Å². The summed E-state index contributed by atoms with van der Waals surface area (Å²) >= 11 is 0. The van der Waals surface area contributed by atoms with Crippen LogP contribution in [0.1, 0.15) is 0 Å². The third-order valence-electron chi connectivity index (χ3n) is 3.23. The molecule has 23 heavy (non-hydrogen) atoms. The van der Waals surface area contributed by atoms with Gasteiger partial charge in [0.2, 0.25) is 0 Å². The molecule has 1 unspecified atom stereocenters. The molecule has 0 amide bonds. The van der Waals surface area contributed by atoms with Crippen molar-refractivity contribution in [2.75, 3.05) is 39.6 Å². The quantitative estimate of drug-likeness (QED) is 0.195. The SMILES string of the molecule is C=CC(=O)OCC(CO)(COCC(CO)(CO)C(=O)O)C(=O)O. The van der Waals surface area contributed by atoms with Crippen LogP contribution in [0.3, 0.4) is 0 Å². The Morgan fingerprint density at radius 3 is 1.65 bits per heavy atom. The van der Waals surface area contributed by atoms with E-state index in [0.29, 0.717) is 0 Å². The number of carboxylic acid groups (broad SMARTS) is 2. The van der Waals surface area contributed by atoms with Gasteiger partial charge < -0.3 is 35.0 Å². The highest BCUT2D eigenvalue weighted by Gasteiger charge is 2.43. The highest BCUT2D eigenvalue weighted by atomic mass is 16.5. The third kappa shape index (κ3) is 5.28. The average Bonchev–Trinajstić information content (AvgIpc) is 2.54. The summed E-state index contributed by atoms with van der Waals surface area (Å²) in [6, 6.07) is 0. The number of carboxylic acids is 2. The zero-order valence-corrected chi connectivity index (χ0v) is 12.3. The Morgan fingerprint density at radius 2 is 1.30 bits per heavy atom. The molecule has 0 rings (SSSR count). The smallest absolute Gasteiger partial charge is 0.330 e. The van der Waals surface area contributed by atoms with Crippen LogP contribution in [0.15, 0.2) is 12.7 Å². The first kappa shape index (κ1) is 21.0. The van der Waals surface area contributed by atoms with Crippen LogP contribution in [0.25, 0.3) is 0 Å². The van der Waals surface area contributed by atoms with Crippen LogP contribution in [0.5, 0.6) is 0 Å². The fourth-order valence-corrected chi connectivity index (χ4v) is 1.37. The van der Waals surface area contributed by atoms with E-state index < -0.39 is 68.4 Å². The number of aliphatic hydroxyl groups is 3. The molecule has 0 aromatic heterocycles. The molecule has 10 heteroatoms. The van der Waals surface area contributed by atoms with Gasteiger partial charge in [-0.3, -0.25) is 9.59 Å². The summed E-state index contributed by atoms with van der Waals surface area (Å²) in [6.07, 6.45) is 0.803. The van der Waals surface area contributed by atoms with Crippen molar-refractivity contribution in [3.05, 3.63) is 12.7 Å². The van der Waals surface area contributed by atoms with Gasteiger partial charge in [0.1, 0.15) is 17.4 Å². The number of hydrogen-bond acceptors (Lipinski definition) is 8. The summed E-state index contributed by atoms with van der Waals surface area (Å²) in [5, 5.41) is 45.6. The van der Waals surface area contributed by atoms with E-state index in [1.807, 2.05) is 0 Å². The summed E-state index contributed by atoms with van der Waals surface area (Å²) in [5.74, 6) is -3.98. The Kier molecular flexibility index (Phi) is 8.40. The van der Waals surface area contributed by atoms with Gasteiger partial charge in [-0.15, -0.1) is 0 Å². The van der Waals surface area contributed by atoms with Gasteiger partial charge in [-0.1, -0.05) is 6.58 Å². The topological polar surface area (TPSA) is 171 Å². The molecule has 10 nitrogen and oxygen atoms in total. The maximum absolute atomic E-state index is 11.3. The molecule has 1 atom stereocenters. The Balaban J connectivity index is 4.98. The lowest BCUT2D eigenvalue weighted by molar-refractivity contribution is -0.171. The zero-order valence-electron chi connectivity index (χ0n) is 12.3. The normalized spacial score (nSPS) is 13.9. The van der Waals surface area contributed by atoms with E-state index in [4.69, 9.17) is 20.1 Å². The van der Waals surface area contributed by atoms with Crippen molar-refractivity contribution in [1.29, 1.82) is 0 Å². The fraction of sp³-hybridized carbons (Fsp3) is 0.615. The molecule has 0 fully saturated rings. The monoisotopic (exact) mass is 336 g/mol. The van der Waals surface area contributed by atoms with Gasteiger partial charge in [0.25, 0.3) is 0 Å². The van der Waals surface area contributed by atoms with Crippen LogP contribution in [0, 0.1) is 10.8 Å². The summed E-state index contributed by atoms with van der Waals surface area (Å²) in [6.45, 7) is -1.86. The van der Waals surface area contributed by atoms with Crippen molar-refractivity contribution in [3.63, 3.8) is 0 Å². The number of aliphatic carboxylic acids is 2. The van der Waals surface area contributed by atoms with Crippen molar-refractivity contribution >= 4 is 17.9 Å². The molecule has 0 bridgehead atoms. The molecule has 0 spiro atoms. The molecule has 0 radical (unpaired) electrons. The molecule has 0 saturated heterocycles. The number of carbonyl (C=O) groups is 3. The highest BCUT2D eigenvalue weighted by Crippen LogP contribution is 2.22. The van der Waals surface area contributed by atoms with Crippen molar-refractivity contribution in [2.24, 2.45) is 10.8 Å². The lowest BCUT2D eigenvalue weighted by Gasteiger charge is -2.29. The fourth-order valence-electron chi connectivity index (χ4n) is 1.37. The predicted molar refractivity (Wildman–Crippen MR) is 73.4 cm³/mol. The highest BCUT2D eigenvalue weighted by molar-refractivity contribution is 5.82. The Bertz CT molecular complexity index is 442. The van der Waals surface area contributed by atoms with Crippen molar-refractivity contribution in [1.82, 2.24) is 0 Å². The van der Waals surface area contributed by atoms with Crippen LogP contribution in [0.4, 0.5) is 0 Å². The standard InChI is InChI=1S/C13H20O10/c1-2-9(17)23-8-13(5-16,11(20)21)7-22-6-12(3-14,4-15)10(18)19/h2,14-16H,1,3-8H2,(H,18,19)(H,20,21). The molecule has 0 aromatic rings. The number of ether oxygens (including phenoxy) is 2. The minimum absolute atomic E-state index is 0.709. The molecular weight excluding hydrogens is 316 g/mol. The van der Waals surface area contributed by atoms with E-state index in [1.165, 1.54) is 0 Å². The molecule has 0 aliphatic heterocycles. The number of aliphatic hydroxyl groups excluding tert-OH is 3. The molecule has 0 aliphatic rings. The molecule has 0 aromatic carbocycles. The van der Waals surface area contributed by atoms with Gasteiger partial charge in [0, 0.05) is 6.08 Å². The molecule has 132 valence electrons. The number of esters is 1. The van der Waals surface area contributed by atoms with Gasteiger partial charge in [-0.05, 0) is 0 Å². The Labute approximate surface area is 131 Å². The molecule has 0 aliphatic carbocycles. The van der Waals surface area contributed by atoms with Gasteiger partial charge in [-0.25, -0.2) is 4.79 Å². The zero-order chi connectivity index (χ0) is 18.1. The number of carbonyl (C=O) groups excluding carboxylic acids is 1. The average molecular weight is 336 g/mol. The van der Waals surface area contributed by atoms with Gasteiger partial charge in [0.15, 0.2) is 0 Å². The van der Waals surface area contributed by atoms with Crippen molar-refractivity contribution in [2.45, 2.75) is 0 Å². The van der Waals surface area contributed by atoms with Crippen molar-refractivity contribution in [3.8, 4) is 0 Å². The van der Waals surface area contributed by atoms with Gasteiger partial charge >= 0.3 is 17.9 Å². The predicted octanol–water partition coefficient (Wildman–Crippen LogP) is -2.15. The van der Waals surface area contributed by atoms with E-state index in [1.54, 1.807) is 0 Å². The largest absolute Gasteiger partial charge is 0.481 e. The van der Waals surface area contributed by atoms with Gasteiger partial charge in [0.05, 0.1) is 33.0 Å². The van der Waals surface area contributed by atoms with Crippen LogP contribution < -0.4 is 0 Å². The second kappa shape index (κ2) is 9.20. The van der Waals surface area contributed by atoms with Crippen LogP contribution in [-0.2, 0) is 23.9 Å². The van der Waals surface area contributed by atoms with E-state index in [-0.39, 0.29) is 0 Å². The van der Waals surface area contributed by atoms with Gasteiger partial charge in [-0.2, -0.15) is 0 Å². The first-order chi connectivity index (χ1) is 10.7. The number of rotatable bonds is 12. The molecule has 0 heterocycles. The molecule has 0 saturated carbocycles. The number of hydrogen-bond donors (Lipinski definition) is 5. The van der Waals surface area contributed by atoms with E-state index in [9.17, 15) is 24.6 Å². The summed E-state index contributed by atoms with van der Waals surface area (Å²) in [5.41, 5.74) is -4.04. The van der Waals surface area contributed by atoms with Crippen LogP contribution in [-0.4, -0.2) is 83.1 Å². The maximum Gasteiger partial charge on any atom is 0.330 e. The third-order valence-corrected chi connectivity index (χ3v) is 3.23. The second-order valence-corrected chi connectivity index (χ2v) is 4.95.